The van der Waals surface area contributed by atoms with Gasteiger partial charge >= 0.3 is 12.1 Å². The van der Waals surface area contributed by atoms with Gasteiger partial charge < -0.3 is 28.6 Å². The van der Waals surface area contributed by atoms with Gasteiger partial charge in [0.2, 0.25) is 5.88 Å². The van der Waals surface area contributed by atoms with Gasteiger partial charge in [0, 0.05) is 44.1 Å². The van der Waals surface area contributed by atoms with E-state index < -0.39 is 49.2 Å². The third kappa shape index (κ3) is 8.16. The van der Waals surface area contributed by atoms with E-state index in [1.165, 1.54) is 13.2 Å². The van der Waals surface area contributed by atoms with Gasteiger partial charge in [-0.2, -0.15) is 9.97 Å². The van der Waals surface area contributed by atoms with Crippen LogP contribution in [0.1, 0.15) is 93.6 Å². The lowest BCUT2D eigenvalue weighted by molar-refractivity contribution is 0.00537. The molecule has 358 valence electrons. The van der Waals surface area contributed by atoms with Crippen molar-refractivity contribution in [1.29, 1.82) is 0 Å². The van der Waals surface area contributed by atoms with E-state index in [4.69, 9.17) is 38.6 Å². The standard InChI is InChI=1S/C51H63F3N6O6Si/c1-28(2)67(29(3)4,30(5)6)17-16-36-38(53)14-12-32-18-35(65-27-62-11)19-37(41(32)36)44-43(54)45-42-46(57-48(56-45)64-26-51-20-31(7)22-58(51)23-33(52)21-51)59-24-34-13-15-39(40(59)25-63-47(42)55-44)60(34)49(61)66-50(8,9)10/h12,14,18-19,28-30,33-34,39-40H,7,13,15,20-27H2,1-6,8-11H3/t33-,34-,39+,40-,51-/m1/s1. The number of carbonyl (C=O) groups is 1. The zero-order chi connectivity index (χ0) is 47.9. The van der Waals surface area contributed by atoms with Gasteiger partial charge in [-0.15, -0.1) is 5.54 Å². The lowest BCUT2D eigenvalue weighted by Gasteiger charge is -2.46. The first kappa shape index (κ1) is 47.0. The number of aromatic nitrogens is 3. The van der Waals surface area contributed by atoms with Gasteiger partial charge in [-0.3, -0.25) is 9.80 Å². The third-order valence-corrected chi connectivity index (χ3v) is 21.1. The fourth-order valence-electron chi connectivity index (χ4n) is 12.1. The average Bonchev–Trinajstić information content (AvgIpc) is 3.81. The number of pyridine rings is 1. The maximum Gasteiger partial charge on any atom is 0.410 e. The predicted molar refractivity (Wildman–Crippen MR) is 255 cm³/mol. The quantitative estimate of drug-likeness (QED) is 0.0656. The molecule has 0 aliphatic carbocycles. The molecule has 5 aliphatic heterocycles. The van der Waals surface area contributed by atoms with Gasteiger partial charge in [0.1, 0.15) is 67.0 Å². The molecule has 67 heavy (non-hydrogen) atoms. The molecule has 4 saturated heterocycles. The van der Waals surface area contributed by atoms with Gasteiger partial charge in [-0.05, 0) is 80.2 Å². The van der Waals surface area contributed by atoms with Crippen LogP contribution in [0.15, 0.2) is 36.4 Å². The highest BCUT2D eigenvalue weighted by Crippen LogP contribution is 2.48. The Morgan fingerprint density at radius 1 is 1.00 bits per heavy atom. The second-order valence-corrected chi connectivity index (χ2v) is 26.7. The molecule has 16 heteroatoms. The Morgan fingerprint density at radius 2 is 1.75 bits per heavy atom. The molecule has 5 atom stereocenters. The van der Waals surface area contributed by atoms with E-state index in [0.717, 1.165) is 12.0 Å². The monoisotopic (exact) mass is 940 g/mol. The highest BCUT2D eigenvalue weighted by molar-refractivity contribution is 6.90. The molecule has 0 N–H and O–H groups in total. The molecule has 4 aromatic rings. The normalized spacial score (nSPS) is 23.7. The molecular weight excluding hydrogens is 878 g/mol. The van der Waals surface area contributed by atoms with Crippen LogP contribution in [0.2, 0.25) is 16.6 Å². The smallest absolute Gasteiger partial charge is 0.410 e. The number of hydrogen-bond donors (Lipinski definition) is 0. The summed E-state index contributed by atoms with van der Waals surface area (Å²) in [4.78, 5) is 34.5. The average molecular weight is 941 g/mol. The Morgan fingerprint density at radius 3 is 2.45 bits per heavy atom. The third-order valence-electron chi connectivity index (χ3n) is 14.8. The van der Waals surface area contributed by atoms with Gasteiger partial charge in [-0.25, -0.2) is 22.9 Å². The highest BCUT2D eigenvalue weighted by atomic mass is 28.3. The van der Waals surface area contributed by atoms with Crippen LogP contribution in [0.3, 0.4) is 0 Å². The van der Waals surface area contributed by atoms with Gasteiger partial charge in [0.05, 0.1) is 29.2 Å². The van der Waals surface area contributed by atoms with Crippen molar-refractivity contribution in [1.82, 2.24) is 24.8 Å². The summed E-state index contributed by atoms with van der Waals surface area (Å²) in [6.07, 6.45) is 0.795. The molecule has 1 amide bonds. The number of nitrogens with zero attached hydrogens (tertiary/aromatic N) is 6. The Kier molecular flexibility index (Phi) is 12.2. The Bertz CT molecular complexity index is 2680. The summed E-state index contributed by atoms with van der Waals surface area (Å²) >= 11 is 0. The zero-order valence-electron chi connectivity index (χ0n) is 40.4. The topological polar surface area (TPSA) is 112 Å². The molecular formula is C51H63F3N6O6Si. The number of piperazine rings is 1. The van der Waals surface area contributed by atoms with Crippen LogP contribution in [0, 0.1) is 23.1 Å². The second-order valence-electron chi connectivity index (χ2n) is 21.2. The number of anilines is 1. The highest BCUT2D eigenvalue weighted by Gasteiger charge is 2.53. The van der Waals surface area contributed by atoms with Crippen LogP contribution in [-0.4, -0.2) is 121 Å². The summed E-state index contributed by atoms with van der Waals surface area (Å²) in [7, 11) is -0.872. The van der Waals surface area contributed by atoms with Crippen molar-refractivity contribution < 1.29 is 41.7 Å². The number of ether oxygens (including phenoxy) is 5. The first-order valence-corrected chi connectivity index (χ1v) is 25.9. The SMILES string of the molecule is C=C1CN2C[C@H](F)C[C@@]2(COc2nc3c4c(nc(-c5cc(OCOC)cc6ccc(F)c(C#C[Si](C(C)C)(C(C)C)C(C)C)c56)c(F)c4n2)OC[C@@H]2[C@@H]4CC[C@H](CN32)N4C(=O)OC(C)(C)C)C1. The summed E-state index contributed by atoms with van der Waals surface area (Å²) in [5.41, 5.74) is 4.21. The Hall–Kier alpha value is -5.11. The molecule has 0 saturated carbocycles. The van der Waals surface area contributed by atoms with Crippen LogP contribution in [0.4, 0.5) is 23.8 Å². The van der Waals surface area contributed by atoms with Crippen molar-refractivity contribution in [3.63, 3.8) is 0 Å². The number of benzene rings is 2. The fraction of sp³-hybridized carbons (Fsp3) is 0.569. The molecule has 5 aliphatic rings. The Balaban J connectivity index is 1.25. The largest absolute Gasteiger partial charge is 0.475 e. The first-order chi connectivity index (χ1) is 31.7. The number of carbonyl (C=O) groups excluding carboxylic acids is 1. The van der Waals surface area contributed by atoms with Crippen molar-refractivity contribution in [3.8, 4) is 40.4 Å². The molecule has 12 nitrogen and oxygen atoms in total. The number of rotatable bonds is 10. The molecule has 2 bridgehead atoms. The van der Waals surface area contributed by atoms with E-state index in [2.05, 4.69) is 69.4 Å². The molecule has 7 heterocycles. The second kappa shape index (κ2) is 17.4. The molecule has 9 rings (SSSR count). The molecule has 4 fully saturated rings. The molecule has 2 aromatic carbocycles. The van der Waals surface area contributed by atoms with E-state index in [-0.39, 0.29) is 101 Å². The minimum absolute atomic E-state index is 0.0557. The van der Waals surface area contributed by atoms with Crippen LogP contribution >= 0.6 is 0 Å². The van der Waals surface area contributed by atoms with Gasteiger partial charge in [0.15, 0.2) is 12.6 Å². The van der Waals surface area contributed by atoms with E-state index in [1.54, 1.807) is 18.2 Å². The first-order valence-electron chi connectivity index (χ1n) is 23.7. The lowest BCUT2D eigenvalue weighted by atomic mass is 9.93. The number of amides is 1. The number of fused-ring (bicyclic) bond motifs is 7. The zero-order valence-corrected chi connectivity index (χ0v) is 41.4. The van der Waals surface area contributed by atoms with Crippen LogP contribution in [-0.2, 0) is 9.47 Å². The predicted octanol–water partition coefficient (Wildman–Crippen LogP) is 10.1. The summed E-state index contributed by atoms with van der Waals surface area (Å²) in [5.74, 6) is 2.74. The van der Waals surface area contributed by atoms with Crippen molar-refractivity contribution in [3.05, 3.63) is 53.6 Å². The van der Waals surface area contributed by atoms with Gasteiger partial charge in [0.25, 0.3) is 0 Å². The van der Waals surface area contributed by atoms with Gasteiger partial charge in [-0.1, -0.05) is 65.7 Å². The Labute approximate surface area is 392 Å². The lowest BCUT2D eigenvalue weighted by Crippen LogP contribution is -2.63. The van der Waals surface area contributed by atoms with Crippen molar-refractivity contribution in [2.75, 3.05) is 51.7 Å². The van der Waals surface area contributed by atoms with Crippen LogP contribution in [0.5, 0.6) is 17.6 Å². The maximum absolute atomic E-state index is 18.2. The van der Waals surface area contributed by atoms with Crippen molar-refractivity contribution in [2.45, 2.75) is 140 Å². The minimum Gasteiger partial charge on any atom is -0.475 e. The van der Waals surface area contributed by atoms with Crippen molar-refractivity contribution in [2.24, 2.45) is 0 Å². The maximum atomic E-state index is 18.2. The summed E-state index contributed by atoms with van der Waals surface area (Å²) in [6, 6.07) is 5.32. The van der Waals surface area contributed by atoms with Crippen LogP contribution < -0.4 is 19.1 Å². The molecule has 0 radical (unpaired) electrons. The number of hydrogen-bond acceptors (Lipinski definition) is 11. The van der Waals surface area contributed by atoms with E-state index in [0.29, 0.717) is 48.3 Å². The van der Waals surface area contributed by atoms with Crippen molar-refractivity contribution >= 4 is 41.7 Å². The number of halogens is 3. The van der Waals surface area contributed by atoms with E-state index in [1.807, 2.05) is 25.7 Å². The molecule has 0 spiro atoms. The summed E-state index contributed by atoms with van der Waals surface area (Å²) < 4.78 is 80.1. The number of alkyl halides is 1. The fourth-order valence-corrected chi connectivity index (χ4v) is 17.3. The van der Waals surface area contributed by atoms with E-state index >= 15 is 13.2 Å². The van der Waals surface area contributed by atoms with Crippen LogP contribution in [0.25, 0.3) is 32.9 Å². The molecule has 2 aromatic heterocycles. The van der Waals surface area contributed by atoms with E-state index in [9.17, 15) is 4.79 Å². The number of methoxy groups -OCH3 is 1. The minimum atomic E-state index is -2.37. The summed E-state index contributed by atoms with van der Waals surface area (Å²) in [6.45, 7) is 24.1. The summed E-state index contributed by atoms with van der Waals surface area (Å²) in [5, 5.41) is 1.16. The molecule has 0 unspecified atom stereocenters.